The number of hydrogen-bond acceptors (Lipinski definition) is 4. The maximum absolute atomic E-state index is 11.3. The molecule has 0 spiro atoms. The summed E-state index contributed by atoms with van der Waals surface area (Å²) in [6.07, 6.45) is 13.0. The average molecular weight is 427 g/mol. The summed E-state index contributed by atoms with van der Waals surface area (Å²) in [6.45, 7) is 7.67. The fraction of sp³-hybridized carbons (Fsp3) is 0.739. The number of aliphatic hydroxyl groups excluding tert-OH is 1. The zero-order valence-electron chi connectivity index (χ0n) is 18.7. The molecule has 0 amide bonds. The van der Waals surface area contributed by atoms with Crippen molar-refractivity contribution in [3.8, 4) is 0 Å². The minimum absolute atomic E-state index is 0.510. The molecule has 0 bridgehead atoms. The van der Waals surface area contributed by atoms with E-state index in [0.717, 1.165) is 37.9 Å². The van der Waals surface area contributed by atoms with Crippen LogP contribution in [0.1, 0.15) is 89.7 Å². The first-order chi connectivity index (χ1) is 13.9. The highest BCUT2D eigenvalue weighted by molar-refractivity contribution is 7.92. The fourth-order valence-corrected chi connectivity index (χ4v) is 4.12. The van der Waals surface area contributed by atoms with Crippen LogP contribution in [0.15, 0.2) is 24.3 Å². The van der Waals surface area contributed by atoms with Gasteiger partial charge in [0, 0.05) is 5.69 Å². The van der Waals surface area contributed by atoms with Gasteiger partial charge in [-0.05, 0) is 56.6 Å². The first-order valence-corrected chi connectivity index (χ1v) is 13.2. The van der Waals surface area contributed by atoms with Gasteiger partial charge in [0.25, 0.3) is 0 Å². The summed E-state index contributed by atoms with van der Waals surface area (Å²) in [4.78, 5) is 2.48. The highest BCUT2D eigenvalue weighted by Crippen LogP contribution is 2.21. The van der Waals surface area contributed by atoms with Gasteiger partial charge in [-0.15, -0.1) is 0 Å². The second-order valence-corrected chi connectivity index (χ2v) is 9.81. The number of benzene rings is 1. The van der Waals surface area contributed by atoms with Gasteiger partial charge in [0.2, 0.25) is 10.0 Å². The largest absolute Gasteiger partial charge is 0.388 e. The van der Waals surface area contributed by atoms with Crippen molar-refractivity contribution in [2.75, 3.05) is 30.6 Å². The van der Waals surface area contributed by atoms with Crippen molar-refractivity contribution in [3.63, 3.8) is 0 Å². The van der Waals surface area contributed by atoms with Crippen LogP contribution in [0, 0.1) is 0 Å². The highest BCUT2D eigenvalue weighted by atomic mass is 32.2. The SMILES string of the molecule is CCCCCCCCCCN(CC)CCCC(O)c1ccc(NS(C)(=O)=O)cc1. The molecule has 0 aliphatic carbocycles. The lowest BCUT2D eigenvalue weighted by Gasteiger charge is -2.21. The Kier molecular flexibility index (Phi) is 13.2. The fourth-order valence-electron chi connectivity index (χ4n) is 3.56. The molecule has 168 valence electrons. The molecule has 0 heterocycles. The molecule has 0 fully saturated rings. The molecule has 29 heavy (non-hydrogen) atoms. The van der Waals surface area contributed by atoms with Crippen molar-refractivity contribution < 1.29 is 13.5 Å². The number of anilines is 1. The van der Waals surface area contributed by atoms with Crippen LogP contribution in [0.5, 0.6) is 0 Å². The average Bonchev–Trinajstić information content (AvgIpc) is 2.67. The topological polar surface area (TPSA) is 69.6 Å². The van der Waals surface area contributed by atoms with Crippen LogP contribution in [0.3, 0.4) is 0 Å². The number of unbranched alkanes of at least 4 members (excludes halogenated alkanes) is 7. The molecule has 0 saturated carbocycles. The van der Waals surface area contributed by atoms with Crippen LogP contribution in [0.4, 0.5) is 5.69 Å². The minimum Gasteiger partial charge on any atom is -0.388 e. The number of aliphatic hydroxyl groups is 1. The predicted octanol–water partition coefficient (Wildman–Crippen LogP) is 5.33. The van der Waals surface area contributed by atoms with Gasteiger partial charge in [-0.1, -0.05) is 70.9 Å². The van der Waals surface area contributed by atoms with Crippen LogP contribution in [-0.4, -0.2) is 44.3 Å². The van der Waals surface area contributed by atoms with E-state index in [4.69, 9.17) is 0 Å². The monoisotopic (exact) mass is 426 g/mol. The zero-order valence-corrected chi connectivity index (χ0v) is 19.5. The molecule has 0 aliphatic rings. The van der Waals surface area contributed by atoms with Crippen molar-refractivity contribution >= 4 is 15.7 Å². The Balaban J connectivity index is 2.21. The first kappa shape index (κ1) is 25.9. The quantitative estimate of drug-likeness (QED) is 0.330. The van der Waals surface area contributed by atoms with Crippen LogP contribution in [0.2, 0.25) is 0 Å². The molecule has 6 heteroatoms. The van der Waals surface area contributed by atoms with Gasteiger partial charge in [0.15, 0.2) is 0 Å². The first-order valence-electron chi connectivity index (χ1n) is 11.3. The van der Waals surface area contributed by atoms with Crippen molar-refractivity contribution in [1.82, 2.24) is 4.90 Å². The van der Waals surface area contributed by atoms with E-state index in [-0.39, 0.29) is 0 Å². The summed E-state index contributed by atoms with van der Waals surface area (Å²) >= 11 is 0. The van der Waals surface area contributed by atoms with E-state index in [9.17, 15) is 13.5 Å². The molecular formula is C23H42N2O3S. The third-order valence-corrected chi connectivity index (χ3v) is 5.93. The molecule has 1 aromatic rings. The molecule has 1 unspecified atom stereocenters. The molecule has 2 N–H and O–H groups in total. The van der Waals surface area contributed by atoms with E-state index >= 15 is 0 Å². The van der Waals surface area contributed by atoms with Gasteiger partial charge < -0.3 is 10.0 Å². The van der Waals surface area contributed by atoms with Crippen molar-refractivity contribution in [3.05, 3.63) is 29.8 Å². The van der Waals surface area contributed by atoms with Gasteiger partial charge in [0.1, 0.15) is 0 Å². The van der Waals surface area contributed by atoms with Crippen molar-refractivity contribution in [2.24, 2.45) is 0 Å². The summed E-state index contributed by atoms with van der Waals surface area (Å²) in [5.74, 6) is 0. The van der Waals surface area contributed by atoms with Crippen LogP contribution >= 0.6 is 0 Å². The minimum atomic E-state index is -3.27. The lowest BCUT2D eigenvalue weighted by atomic mass is 10.0. The van der Waals surface area contributed by atoms with Gasteiger partial charge in [-0.2, -0.15) is 0 Å². The highest BCUT2D eigenvalue weighted by Gasteiger charge is 2.10. The Morgan fingerprint density at radius 1 is 0.897 bits per heavy atom. The zero-order chi connectivity index (χ0) is 21.5. The Labute approximate surface area is 179 Å². The Morgan fingerprint density at radius 2 is 1.45 bits per heavy atom. The van der Waals surface area contributed by atoms with E-state index in [2.05, 4.69) is 23.5 Å². The Bertz CT molecular complexity index is 632. The number of hydrogen-bond donors (Lipinski definition) is 2. The maximum Gasteiger partial charge on any atom is 0.229 e. The predicted molar refractivity (Wildman–Crippen MR) is 124 cm³/mol. The maximum atomic E-state index is 11.3. The summed E-state index contributed by atoms with van der Waals surface area (Å²) in [7, 11) is -3.27. The number of sulfonamides is 1. The Hall–Kier alpha value is -1.11. The molecule has 1 rings (SSSR count). The van der Waals surface area contributed by atoms with Gasteiger partial charge >= 0.3 is 0 Å². The molecule has 0 aliphatic heterocycles. The number of nitrogens with zero attached hydrogens (tertiary/aromatic N) is 1. The van der Waals surface area contributed by atoms with Crippen LogP contribution < -0.4 is 4.72 Å². The van der Waals surface area contributed by atoms with Crippen molar-refractivity contribution in [1.29, 1.82) is 0 Å². The molecule has 0 radical (unpaired) electrons. The summed E-state index contributed by atoms with van der Waals surface area (Å²) in [6, 6.07) is 6.97. The smallest absolute Gasteiger partial charge is 0.229 e. The second kappa shape index (κ2) is 14.8. The molecule has 0 aromatic heterocycles. The molecule has 1 aromatic carbocycles. The lowest BCUT2D eigenvalue weighted by molar-refractivity contribution is 0.155. The number of rotatable bonds is 17. The van der Waals surface area contributed by atoms with Gasteiger partial charge in [0.05, 0.1) is 12.4 Å². The third-order valence-electron chi connectivity index (χ3n) is 5.33. The van der Waals surface area contributed by atoms with Gasteiger partial charge in [-0.25, -0.2) is 8.42 Å². The molecule has 0 saturated heterocycles. The summed E-state index contributed by atoms with van der Waals surface area (Å²) < 4.78 is 24.9. The van der Waals surface area contributed by atoms with Crippen LogP contribution in [0.25, 0.3) is 0 Å². The lowest BCUT2D eigenvalue weighted by Crippen LogP contribution is -2.26. The Morgan fingerprint density at radius 3 is 2.00 bits per heavy atom. The van der Waals surface area contributed by atoms with E-state index < -0.39 is 16.1 Å². The third kappa shape index (κ3) is 12.9. The standard InChI is InChI=1S/C23H42N2O3S/c1-4-6-7-8-9-10-11-12-19-25(5-2)20-13-14-23(26)21-15-17-22(18-16-21)24-29(3,27)28/h15-18,23-24,26H,4-14,19-20H2,1-3H3. The van der Waals surface area contributed by atoms with E-state index in [0.29, 0.717) is 12.1 Å². The normalized spacial score (nSPS) is 13.0. The molecular weight excluding hydrogens is 384 g/mol. The summed E-state index contributed by atoms with van der Waals surface area (Å²) in [5.41, 5.74) is 1.35. The molecule has 1 atom stereocenters. The molecule has 5 nitrogen and oxygen atoms in total. The van der Waals surface area contributed by atoms with Crippen molar-refractivity contribution in [2.45, 2.75) is 84.2 Å². The van der Waals surface area contributed by atoms with E-state index in [1.165, 1.54) is 51.4 Å². The second-order valence-electron chi connectivity index (χ2n) is 8.06. The van der Waals surface area contributed by atoms with Gasteiger partial charge in [-0.3, -0.25) is 4.72 Å². The summed E-state index contributed by atoms with van der Waals surface area (Å²) in [5, 5.41) is 10.4. The van der Waals surface area contributed by atoms with E-state index in [1.54, 1.807) is 24.3 Å². The number of nitrogens with one attached hydrogen (secondary N) is 1. The van der Waals surface area contributed by atoms with E-state index in [1.807, 2.05) is 0 Å². The van der Waals surface area contributed by atoms with Crippen LogP contribution in [-0.2, 0) is 10.0 Å².